The topological polar surface area (TPSA) is 26.3 Å². The van der Waals surface area contributed by atoms with Crippen molar-refractivity contribution in [2.45, 2.75) is 18.9 Å². The number of carbonyl (C=O) groups is 1. The van der Waals surface area contributed by atoms with Crippen LogP contribution in [0.15, 0.2) is 18.2 Å². The van der Waals surface area contributed by atoms with Gasteiger partial charge in [-0.2, -0.15) is 0 Å². The van der Waals surface area contributed by atoms with Gasteiger partial charge in [0.05, 0.1) is 0 Å². The van der Waals surface area contributed by atoms with Crippen LogP contribution in [0.3, 0.4) is 0 Å². The van der Waals surface area contributed by atoms with Gasteiger partial charge in [-0.25, -0.2) is 4.39 Å². The van der Waals surface area contributed by atoms with Crippen molar-refractivity contribution in [2.75, 3.05) is 0 Å². The molecule has 0 saturated heterocycles. The lowest BCUT2D eigenvalue weighted by Gasteiger charge is -2.04. The molecule has 2 nitrogen and oxygen atoms in total. The number of halogens is 1. The van der Waals surface area contributed by atoms with Crippen molar-refractivity contribution >= 4 is 6.29 Å². The van der Waals surface area contributed by atoms with Crippen LogP contribution in [-0.2, 0) is 11.2 Å². The molecule has 1 unspecified atom stereocenters. The van der Waals surface area contributed by atoms with Gasteiger partial charge >= 0.3 is 0 Å². The third-order valence-electron chi connectivity index (χ3n) is 2.12. The Hall–Kier alpha value is -1.38. The Morgan fingerprint density at radius 3 is 3.23 bits per heavy atom. The summed E-state index contributed by atoms with van der Waals surface area (Å²) in [6.07, 6.45) is 1.73. The van der Waals surface area contributed by atoms with E-state index in [0.717, 1.165) is 11.8 Å². The summed E-state index contributed by atoms with van der Waals surface area (Å²) in [7, 11) is 0. The molecule has 0 bridgehead atoms. The van der Waals surface area contributed by atoms with Gasteiger partial charge in [0.25, 0.3) is 0 Å². The maximum Gasteiger partial charge on any atom is 0.123 e. The number of fused-ring (bicyclic) bond motifs is 1. The second-order valence-corrected chi connectivity index (χ2v) is 3.10. The third-order valence-corrected chi connectivity index (χ3v) is 2.12. The molecule has 1 aromatic rings. The number of hydrogen-bond acceptors (Lipinski definition) is 2. The van der Waals surface area contributed by atoms with Crippen molar-refractivity contribution in [2.24, 2.45) is 0 Å². The van der Waals surface area contributed by atoms with Crippen LogP contribution in [0.2, 0.25) is 0 Å². The molecule has 3 heteroatoms. The van der Waals surface area contributed by atoms with Crippen molar-refractivity contribution in [1.29, 1.82) is 0 Å². The number of carbonyl (C=O) groups excluding carboxylic acids is 1. The predicted octanol–water partition coefficient (Wildman–Crippen LogP) is 1.72. The summed E-state index contributed by atoms with van der Waals surface area (Å²) in [5.41, 5.74) is 0.854. The average molecular weight is 180 g/mol. The first-order valence-corrected chi connectivity index (χ1v) is 4.18. The summed E-state index contributed by atoms with van der Waals surface area (Å²) in [5.74, 6) is 0.447. The zero-order valence-electron chi connectivity index (χ0n) is 7.00. The number of rotatable bonds is 2. The Morgan fingerprint density at radius 1 is 1.62 bits per heavy atom. The molecule has 0 radical (unpaired) electrons. The normalized spacial score (nSPS) is 19.3. The number of hydrogen-bond donors (Lipinski definition) is 0. The van der Waals surface area contributed by atoms with Gasteiger partial charge in [-0.1, -0.05) is 0 Å². The first-order chi connectivity index (χ1) is 6.29. The molecule has 68 valence electrons. The molecule has 1 aliphatic rings. The van der Waals surface area contributed by atoms with Crippen LogP contribution in [0, 0.1) is 5.82 Å². The second kappa shape index (κ2) is 3.17. The monoisotopic (exact) mass is 180 g/mol. The molecule has 1 aromatic carbocycles. The molecule has 1 aliphatic heterocycles. The number of benzene rings is 1. The molecule has 0 N–H and O–H groups in total. The van der Waals surface area contributed by atoms with Crippen molar-refractivity contribution < 1.29 is 13.9 Å². The largest absolute Gasteiger partial charge is 0.489 e. The van der Waals surface area contributed by atoms with Crippen LogP contribution in [-0.4, -0.2) is 12.4 Å². The summed E-state index contributed by atoms with van der Waals surface area (Å²) >= 11 is 0. The lowest BCUT2D eigenvalue weighted by Crippen LogP contribution is -2.12. The fourth-order valence-electron chi connectivity index (χ4n) is 1.53. The number of ether oxygens (including phenoxy) is 1. The van der Waals surface area contributed by atoms with Gasteiger partial charge in [0, 0.05) is 18.4 Å². The van der Waals surface area contributed by atoms with E-state index < -0.39 is 0 Å². The summed E-state index contributed by atoms with van der Waals surface area (Å²) < 4.78 is 18.2. The highest BCUT2D eigenvalue weighted by Gasteiger charge is 2.22. The lowest BCUT2D eigenvalue weighted by molar-refractivity contribution is -0.109. The van der Waals surface area contributed by atoms with E-state index in [1.807, 2.05) is 0 Å². The minimum atomic E-state index is -0.255. The van der Waals surface area contributed by atoms with Crippen molar-refractivity contribution in [3.05, 3.63) is 29.6 Å². The van der Waals surface area contributed by atoms with E-state index in [4.69, 9.17) is 4.74 Å². The molecule has 0 saturated carbocycles. The van der Waals surface area contributed by atoms with Gasteiger partial charge in [0.2, 0.25) is 0 Å². The minimum Gasteiger partial charge on any atom is -0.489 e. The maximum absolute atomic E-state index is 12.7. The zero-order chi connectivity index (χ0) is 9.26. The molecule has 0 amide bonds. The molecule has 0 spiro atoms. The van der Waals surface area contributed by atoms with Crippen LogP contribution < -0.4 is 4.74 Å². The van der Waals surface area contributed by atoms with E-state index >= 15 is 0 Å². The van der Waals surface area contributed by atoms with Crippen molar-refractivity contribution in [3.63, 3.8) is 0 Å². The van der Waals surface area contributed by atoms with Gasteiger partial charge in [-0.3, -0.25) is 0 Å². The van der Waals surface area contributed by atoms with Gasteiger partial charge in [0.15, 0.2) is 0 Å². The Bertz CT molecular complexity index is 336. The van der Waals surface area contributed by atoms with Crippen LogP contribution in [0.4, 0.5) is 4.39 Å². The molecule has 0 aliphatic carbocycles. The molecule has 2 rings (SSSR count). The second-order valence-electron chi connectivity index (χ2n) is 3.10. The highest BCUT2D eigenvalue weighted by atomic mass is 19.1. The fraction of sp³-hybridized carbons (Fsp3) is 0.300. The van der Waals surface area contributed by atoms with Crippen molar-refractivity contribution in [1.82, 2.24) is 0 Å². The molecule has 0 aromatic heterocycles. The standard InChI is InChI=1S/C10H9FO2/c11-8-1-2-10-7(5-8)6-9(13-10)3-4-12/h1-2,4-5,9H,3,6H2. The third kappa shape index (κ3) is 1.54. The molecule has 1 atom stereocenters. The zero-order valence-corrected chi connectivity index (χ0v) is 7.00. The highest BCUT2D eigenvalue weighted by Crippen LogP contribution is 2.29. The van der Waals surface area contributed by atoms with Crippen molar-refractivity contribution in [3.8, 4) is 5.75 Å². The van der Waals surface area contributed by atoms with Gasteiger partial charge in [-0.05, 0) is 18.2 Å². The molecular formula is C10H9FO2. The highest BCUT2D eigenvalue weighted by molar-refractivity contribution is 5.51. The molecular weight excluding hydrogens is 171 g/mol. The average Bonchev–Trinajstić information content (AvgIpc) is 2.46. The Balaban J connectivity index is 2.20. The van der Waals surface area contributed by atoms with Crippen LogP contribution in [0.25, 0.3) is 0 Å². The van der Waals surface area contributed by atoms with E-state index in [0.29, 0.717) is 18.6 Å². The Labute approximate surface area is 75.3 Å². The van der Waals surface area contributed by atoms with Gasteiger partial charge in [0.1, 0.15) is 24.0 Å². The summed E-state index contributed by atoms with van der Waals surface area (Å²) in [6.45, 7) is 0. The minimum absolute atomic E-state index is 0.103. The van der Waals surface area contributed by atoms with E-state index in [9.17, 15) is 9.18 Å². The summed E-state index contributed by atoms with van der Waals surface area (Å²) in [4.78, 5) is 10.2. The quantitative estimate of drug-likeness (QED) is 0.648. The molecule has 1 heterocycles. The summed E-state index contributed by atoms with van der Waals surface area (Å²) in [5, 5.41) is 0. The van der Waals surface area contributed by atoms with Crippen LogP contribution >= 0.6 is 0 Å². The Morgan fingerprint density at radius 2 is 2.46 bits per heavy atom. The van der Waals surface area contributed by atoms with E-state index in [1.165, 1.54) is 12.1 Å². The van der Waals surface area contributed by atoms with E-state index in [2.05, 4.69) is 0 Å². The number of aldehydes is 1. The smallest absolute Gasteiger partial charge is 0.123 e. The lowest BCUT2D eigenvalue weighted by atomic mass is 10.1. The van der Waals surface area contributed by atoms with Crippen LogP contribution in [0.5, 0.6) is 5.75 Å². The first kappa shape index (κ1) is 8.23. The molecule has 13 heavy (non-hydrogen) atoms. The Kier molecular flexibility index (Phi) is 2.00. The maximum atomic E-state index is 12.7. The molecule has 0 fully saturated rings. The first-order valence-electron chi connectivity index (χ1n) is 4.18. The van der Waals surface area contributed by atoms with E-state index in [1.54, 1.807) is 6.07 Å². The SMILES string of the molecule is O=CCC1Cc2cc(F)ccc2O1. The van der Waals surface area contributed by atoms with Gasteiger partial charge in [-0.15, -0.1) is 0 Å². The van der Waals surface area contributed by atoms with Gasteiger partial charge < -0.3 is 9.53 Å². The predicted molar refractivity (Wildman–Crippen MR) is 45.2 cm³/mol. The fourth-order valence-corrected chi connectivity index (χ4v) is 1.53. The van der Waals surface area contributed by atoms with Crippen LogP contribution in [0.1, 0.15) is 12.0 Å². The summed E-state index contributed by atoms with van der Waals surface area (Å²) in [6, 6.07) is 4.43. The van der Waals surface area contributed by atoms with E-state index in [-0.39, 0.29) is 11.9 Å².